The highest BCUT2D eigenvalue weighted by molar-refractivity contribution is 5.82. The monoisotopic (exact) mass is 216 g/mol. The second-order valence-corrected chi connectivity index (χ2v) is 5.30. The van der Waals surface area contributed by atoms with Gasteiger partial charge in [0.1, 0.15) is 0 Å². The van der Waals surface area contributed by atoms with Crippen molar-refractivity contribution in [3.05, 3.63) is 0 Å². The van der Waals surface area contributed by atoms with Crippen LogP contribution in [0.25, 0.3) is 0 Å². The van der Waals surface area contributed by atoms with E-state index >= 15 is 0 Å². The van der Waals surface area contributed by atoms with E-state index in [1.807, 2.05) is 34.6 Å². The molecule has 90 valence electrons. The number of hydrogen-bond acceptors (Lipinski definition) is 3. The standard InChI is InChI=1S/C11H24N2O2/c1-7(6-14)8(2)13-10(15)9(12)11(3,4)5/h7-9,14H,6,12H2,1-5H3,(H,13,15)/t7?,8?,9-/m1/s1. The predicted molar refractivity (Wildman–Crippen MR) is 61.3 cm³/mol. The molecule has 0 spiro atoms. The first-order valence-electron chi connectivity index (χ1n) is 5.37. The molecule has 2 unspecified atom stereocenters. The van der Waals surface area contributed by atoms with Crippen LogP contribution in [0.1, 0.15) is 34.6 Å². The van der Waals surface area contributed by atoms with E-state index in [9.17, 15) is 4.79 Å². The van der Waals surface area contributed by atoms with E-state index in [4.69, 9.17) is 10.8 Å². The van der Waals surface area contributed by atoms with Gasteiger partial charge in [0.2, 0.25) is 5.91 Å². The third-order valence-electron chi connectivity index (χ3n) is 2.73. The molecule has 3 atom stereocenters. The first-order valence-corrected chi connectivity index (χ1v) is 5.37. The van der Waals surface area contributed by atoms with Gasteiger partial charge in [0.15, 0.2) is 0 Å². The third kappa shape index (κ3) is 4.62. The normalized spacial score (nSPS) is 18.1. The van der Waals surface area contributed by atoms with Crippen molar-refractivity contribution in [1.29, 1.82) is 0 Å². The van der Waals surface area contributed by atoms with Gasteiger partial charge in [-0.3, -0.25) is 4.79 Å². The van der Waals surface area contributed by atoms with Crippen molar-refractivity contribution < 1.29 is 9.90 Å². The summed E-state index contributed by atoms with van der Waals surface area (Å²) in [4.78, 5) is 11.7. The minimum Gasteiger partial charge on any atom is -0.396 e. The third-order valence-corrected chi connectivity index (χ3v) is 2.73. The fourth-order valence-electron chi connectivity index (χ4n) is 1.01. The Balaban J connectivity index is 4.26. The Hall–Kier alpha value is -0.610. The molecule has 0 saturated heterocycles. The summed E-state index contributed by atoms with van der Waals surface area (Å²) in [5.74, 6) is -0.114. The molecular weight excluding hydrogens is 192 g/mol. The quantitative estimate of drug-likeness (QED) is 0.640. The number of nitrogens with one attached hydrogen (secondary N) is 1. The number of hydrogen-bond donors (Lipinski definition) is 3. The Morgan fingerprint density at radius 2 is 1.87 bits per heavy atom. The van der Waals surface area contributed by atoms with Crippen LogP contribution in [-0.4, -0.2) is 29.7 Å². The van der Waals surface area contributed by atoms with Crippen LogP contribution in [0.4, 0.5) is 0 Å². The first-order chi connectivity index (χ1) is 6.70. The lowest BCUT2D eigenvalue weighted by Gasteiger charge is -2.28. The molecule has 4 heteroatoms. The van der Waals surface area contributed by atoms with Gasteiger partial charge in [-0.05, 0) is 18.3 Å². The van der Waals surface area contributed by atoms with Gasteiger partial charge in [-0.25, -0.2) is 0 Å². The van der Waals surface area contributed by atoms with Crippen molar-refractivity contribution in [1.82, 2.24) is 5.32 Å². The number of nitrogens with two attached hydrogens (primary N) is 1. The zero-order valence-electron chi connectivity index (χ0n) is 10.4. The van der Waals surface area contributed by atoms with E-state index in [2.05, 4.69) is 5.32 Å². The van der Waals surface area contributed by atoms with Crippen LogP contribution in [0.3, 0.4) is 0 Å². The van der Waals surface area contributed by atoms with Crippen LogP contribution >= 0.6 is 0 Å². The summed E-state index contributed by atoms with van der Waals surface area (Å²) in [7, 11) is 0. The maximum atomic E-state index is 11.7. The number of carbonyl (C=O) groups excluding carboxylic acids is 1. The molecule has 0 aliphatic rings. The zero-order chi connectivity index (χ0) is 12.2. The predicted octanol–water partition coefficient (Wildman–Crippen LogP) is 0.493. The molecule has 0 aromatic rings. The van der Waals surface area contributed by atoms with E-state index in [0.717, 1.165) is 0 Å². The molecule has 0 aliphatic carbocycles. The highest BCUT2D eigenvalue weighted by Gasteiger charge is 2.28. The molecule has 1 amide bonds. The van der Waals surface area contributed by atoms with E-state index in [1.54, 1.807) is 0 Å². The van der Waals surface area contributed by atoms with Gasteiger partial charge in [-0.15, -0.1) is 0 Å². The van der Waals surface area contributed by atoms with E-state index in [0.29, 0.717) is 0 Å². The van der Waals surface area contributed by atoms with Gasteiger partial charge in [-0.2, -0.15) is 0 Å². The fourth-order valence-corrected chi connectivity index (χ4v) is 1.01. The number of aliphatic hydroxyl groups is 1. The fraction of sp³-hybridized carbons (Fsp3) is 0.909. The van der Waals surface area contributed by atoms with Crippen LogP contribution in [0.2, 0.25) is 0 Å². The summed E-state index contributed by atoms with van der Waals surface area (Å²) in [6, 6.07) is -0.582. The molecule has 0 fully saturated rings. The van der Waals surface area contributed by atoms with E-state index in [-0.39, 0.29) is 29.9 Å². The van der Waals surface area contributed by atoms with Gasteiger partial charge >= 0.3 is 0 Å². The van der Waals surface area contributed by atoms with E-state index in [1.165, 1.54) is 0 Å². The summed E-state index contributed by atoms with van der Waals surface area (Å²) >= 11 is 0. The Morgan fingerprint density at radius 3 is 2.20 bits per heavy atom. The molecule has 15 heavy (non-hydrogen) atoms. The van der Waals surface area contributed by atoms with Gasteiger partial charge in [0.05, 0.1) is 6.04 Å². The van der Waals surface area contributed by atoms with Crippen molar-refractivity contribution in [3.8, 4) is 0 Å². The summed E-state index contributed by atoms with van der Waals surface area (Å²) in [6.45, 7) is 9.60. The molecule has 0 radical (unpaired) electrons. The Bertz CT molecular complexity index is 211. The van der Waals surface area contributed by atoms with Crippen molar-refractivity contribution in [2.24, 2.45) is 17.1 Å². The number of amides is 1. The lowest BCUT2D eigenvalue weighted by Crippen LogP contribution is -2.52. The molecule has 0 aromatic carbocycles. The molecule has 0 bridgehead atoms. The minimum atomic E-state index is -0.522. The average Bonchev–Trinajstić information content (AvgIpc) is 2.13. The molecule has 0 aliphatic heterocycles. The van der Waals surface area contributed by atoms with Crippen molar-refractivity contribution in [2.75, 3.05) is 6.61 Å². The zero-order valence-corrected chi connectivity index (χ0v) is 10.4. The molecule has 0 heterocycles. The smallest absolute Gasteiger partial charge is 0.237 e. The largest absolute Gasteiger partial charge is 0.396 e. The number of carbonyl (C=O) groups is 1. The van der Waals surface area contributed by atoms with Crippen LogP contribution in [0, 0.1) is 11.3 Å². The SMILES string of the molecule is CC(CO)C(C)NC(=O)[C@@H](N)C(C)(C)C. The van der Waals surface area contributed by atoms with Crippen LogP contribution in [0.15, 0.2) is 0 Å². The Morgan fingerprint density at radius 1 is 1.40 bits per heavy atom. The van der Waals surface area contributed by atoms with Crippen molar-refractivity contribution in [3.63, 3.8) is 0 Å². The average molecular weight is 216 g/mol. The summed E-state index contributed by atoms with van der Waals surface area (Å²) in [5.41, 5.74) is 5.57. The number of aliphatic hydroxyl groups excluding tert-OH is 1. The van der Waals surface area contributed by atoms with Gasteiger partial charge in [0, 0.05) is 12.6 Å². The molecule has 4 nitrogen and oxygen atoms in total. The van der Waals surface area contributed by atoms with Gasteiger partial charge in [-0.1, -0.05) is 27.7 Å². The van der Waals surface area contributed by atoms with Gasteiger partial charge < -0.3 is 16.2 Å². The maximum absolute atomic E-state index is 11.7. The highest BCUT2D eigenvalue weighted by atomic mass is 16.3. The first kappa shape index (κ1) is 14.4. The maximum Gasteiger partial charge on any atom is 0.237 e. The second kappa shape index (κ2) is 5.47. The van der Waals surface area contributed by atoms with E-state index < -0.39 is 6.04 Å². The summed E-state index contributed by atoms with van der Waals surface area (Å²) in [5, 5.41) is 11.7. The van der Waals surface area contributed by atoms with Gasteiger partial charge in [0.25, 0.3) is 0 Å². The minimum absolute atomic E-state index is 0.0427. The molecular formula is C11H24N2O2. The van der Waals surface area contributed by atoms with Crippen LogP contribution in [-0.2, 0) is 4.79 Å². The number of rotatable bonds is 4. The lowest BCUT2D eigenvalue weighted by molar-refractivity contribution is -0.125. The lowest BCUT2D eigenvalue weighted by atomic mass is 9.86. The highest BCUT2D eigenvalue weighted by Crippen LogP contribution is 2.17. The molecule has 0 saturated carbocycles. The summed E-state index contributed by atoms with van der Waals surface area (Å²) < 4.78 is 0. The second-order valence-electron chi connectivity index (χ2n) is 5.30. The molecule has 4 N–H and O–H groups in total. The van der Waals surface area contributed by atoms with Crippen molar-refractivity contribution >= 4 is 5.91 Å². The molecule has 0 rings (SSSR count). The Kier molecular flexibility index (Phi) is 5.24. The van der Waals surface area contributed by atoms with Crippen molar-refractivity contribution in [2.45, 2.75) is 46.7 Å². The van der Waals surface area contributed by atoms with Crippen LogP contribution < -0.4 is 11.1 Å². The Labute approximate surface area is 92.2 Å². The summed E-state index contributed by atoms with van der Waals surface area (Å²) in [6.07, 6.45) is 0. The van der Waals surface area contributed by atoms with Crippen LogP contribution in [0.5, 0.6) is 0 Å². The molecule has 0 aromatic heterocycles. The topological polar surface area (TPSA) is 75.3 Å².